The van der Waals surface area contributed by atoms with Crippen molar-refractivity contribution >= 4 is 10.0 Å². The van der Waals surface area contributed by atoms with Crippen molar-refractivity contribution in [2.45, 2.75) is 11.8 Å². The summed E-state index contributed by atoms with van der Waals surface area (Å²) in [5.41, 5.74) is 0.986. The smallest absolute Gasteiger partial charge is 0.211 e. The van der Waals surface area contributed by atoms with E-state index in [4.69, 9.17) is 0 Å². The normalized spacial score (nSPS) is 19.1. The molecule has 0 bridgehead atoms. The highest BCUT2D eigenvalue weighted by atomic mass is 32.2. The second-order valence-corrected chi connectivity index (χ2v) is 8.24. The Kier molecular flexibility index (Phi) is 4.44. The number of rotatable bonds is 4. The number of nitrogens with zero attached hydrogens (tertiary/aromatic N) is 2. The van der Waals surface area contributed by atoms with Gasteiger partial charge < -0.3 is 0 Å². The van der Waals surface area contributed by atoms with E-state index in [1.54, 1.807) is 0 Å². The number of hydrogen-bond acceptors (Lipinski definition) is 3. The number of nitriles is 1. The molecule has 1 aliphatic heterocycles. The van der Waals surface area contributed by atoms with E-state index < -0.39 is 15.4 Å². The maximum Gasteiger partial charge on any atom is 0.211 e. The molecule has 1 saturated heterocycles. The molecule has 0 aromatic heterocycles. The van der Waals surface area contributed by atoms with Crippen molar-refractivity contribution in [3.63, 3.8) is 0 Å². The molecule has 0 radical (unpaired) electrons. The average Bonchev–Trinajstić information content (AvgIpc) is 3.09. The molecule has 0 spiro atoms. The molecule has 1 aliphatic rings. The molecule has 0 aliphatic carbocycles. The first-order valence-corrected chi connectivity index (χ1v) is 9.81. The molecule has 2 aromatic carbocycles. The van der Waals surface area contributed by atoms with E-state index in [0.717, 1.165) is 11.1 Å². The van der Waals surface area contributed by atoms with E-state index in [2.05, 4.69) is 6.07 Å². The summed E-state index contributed by atoms with van der Waals surface area (Å²) in [7, 11) is -3.24. The monoisotopic (exact) mass is 340 g/mol. The Balaban J connectivity index is 2.12. The Hall–Kier alpha value is -2.16. The lowest BCUT2D eigenvalue weighted by molar-refractivity contribution is 0.394. The van der Waals surface area contributed by atoms with E-state index in [0.29, 0.717) is 19.5 Å². The summed E-state index contributed by atoms with van der Waals surface area (Å²) in [6.07, 6.45) is 1.90. The van der Waals surface area contributed by atoms with Crippen LogP contribution in [0.25, 0.3) is 0 Å². The molecule has 24 heavy (non-hydrogen) atoms. The van der Waals surface area contributed by atoms with Crippen LogP contribution in [0.5, 0.6) is 0 Å². The molecule has 1 atom stereocenters. The number of sulfonamides is 1. The minimum atomic E-state index is -3.24. The fourth-order valence-corrected chi connectivity index (χ4v) is 4.53. The summed E-state index contributed by atoms with van der Waals surface area (Å²) < 4.78 is 25.3. The molecule has 0 saturated carbocycles. The molecular formula is C19H20N2O2S. The van der Waals surface area contributed by atoms with E-state index >= 15 is 0 Å². The number of benzene rings is 2. The third-order valence-electron chi connectivity index (χ3n) is 4.87. The van der Waals surface area contributed by atoms with Crippen molar-refractivity contribution in [1.29, 1.82) is 5.26 Å². The van der Waals surface area contributed by atoms with Crippen LogP contribution in [0.4, 0.5) is 0 Å². The molecule has 4 nitrogen and oxygen atoms in total. The molecule has 0 N–H and O–H groups in total. The van der Waals surface area contributed by atoms with Gasteiger partial charge in [-0.05, 0) is 17.5 Å². The minimum absolute atomic E-state index is 0.0815. The van der Waals surface area contributed by atoms with Gasteiger partial charge in [0.15, 0.2) is 0 Å². The topological polar surface area (TPSA) is 61.2 Å². The maximum atomic E-state index is 11.9. The second-order valence-electron chi connectivity index (χ2n) is 6.26. The van der Waals surface area contributed by atoms with Crippen LogP contribution in [-0.4, -0.2) is 32.1 Å². The highest BCUT2D eigenvalue weighted by molar-refractivity contribution is 7.88. The predicted octanol–water partition coefficient (Wildman–Crippen LogP) is 2.78. The third kappa shape index (κ3) is 2.83. The Morgan fingerprint density at radius 2 is 1.54 bits per heavy atom. The Morgan fingerprint density at radius 3 is 1.92 bits per heavy atom. The SMILES string of the molecule is CS(=O)(=O)N1CC[C@@H](C(C#N)(c2ccccc2)c2ccccc2)C1. The summed E-state index contributed by atoms with van der Waals surface area (Å²) in [5.74, 6) is -0.0815. The van der Waals surface area contributed by atoms with Gasteiger partial charge in [0.2, 0.25) is 10.0 Å². The number of hydrogen-bond donors (Lipinski definition) is 0. The molecule has 2 aromatic rings. The van der Waals surface area contributed by atoms with Crippen LogP contribution < -0.4 is 0 Å². The van der Waals surface area contributed by atoms with Crippen molar-refractivity contribution in [1.82, 2.24) is 4.31 Å². The lowest BCUT2D eigenvalue weighted by atomic mass is 9.66. The van der Waals surface area contributed by atoms with Crippen molar-refractivity contribution < 1.29 is 8.42 Å². The molecule has 124 valence electrons. The van der Waals surface area contributed by atoms with E-state index in [-0.39, 0.29) is 5.92 Å². The van der Waals surface area contributed by atoms with Crippen LogP contribution >= 0.6 is 0 Å². The van der Waals surface area contributed by atoms with Crippen molar-refractivity contribution in [2.75, 3.05) is 19.3 Å². The van der Waals surface area contributed by atoms with Crippen molar-refractivity contribution in [3.8, 4) is 6.07 Å². The van der Waals surface area contributed by atoms with Crippen molar-refractivity contribution in [3.05, 3.63) is 71.8 Å². The summed E-state index contributed by atoms with van der Waals surface area (Å²) in [5, 5.41) is 10.2. The quantitative estimate of drug-likeness (QED) is 0.860. The van der Waals surface area contributed by atoms with E-state index in [1.165, 1.54) is 10.6 Å². The Bertz CT molecular complexity index is 802. The van der Waals surface area contributed by atoms with Gasteiger partial charge >= 0.3 is 0 Å². The van der Waals surface area contributed by atoms with Gasteiger partial charge in [-0.3, -0.25) is 0 Å². The first-order chi connectivity index (χ1) is 11.5. The van der Waals surface area contributed by atoms with Crippen molar-refractivity contribution in [2.24, 2.45) is 5.92 Å². The molecule has 0 unspecified atom stereocenters. The molecule has 0 amide bonds. The fourth-order valence-electron chi connectivity index (χ4n) is 3.64. The van der Waals surface area contributed by atoms with Gasteiger partial charge in [-0.15, -0.1) is 0 Å². The minimum Gasteiger partial charge on any atom is -0.213 e. The van der Waals surface area contributed by atoms with Crippen LogP contribution in [0.1, 0.15) is 17.5 Å². The fraction of sp³-hybridized carbons (Fsp3) is 0.316. The van der Waals surface area contributed by atoms with Gasteiger partial charge in [-0.25, -0.2) is 12.7 Å². The lowest BCUT2D eigenvalue weighted by Crippen LogP contribution is -2.38. The van der Waals surface area contributed by atoms with Crippen LogP contribution in [-0.2, 0) is 15.4 Å². The van der Waals surface area contributed by atoms with Crippen LogP contribution in [0.2, 0.25) is 0 Å². The van der Waals surface area contributed by atoms with Crippen LogP contribution in [0.3, 0.4) is 0 Å². The van der Waals surface area contributed by atoms with Gasteiger partial charge in [-0.1, -0.05) is 60.7 Å². The van der Waals surface area contributed by atoms with Gasteiger partial charge in [0, 0.05) is 19.0 Å². The van der Waals surface area contributed by atoms with E-state index in [1.807, 2.05) is 60.7 Å². The Labute approximate surface area is 143 Å². The molecule has 1 fully saturated rings. The standard InChI is InChI=1S/C19H20N2O2S/c1-24(22,23)21-13-12-18(14-21)19(15-20,16-8-4-2-5-9-16)17-10-6-3-7-11-17/h2-11,18H,12-14H2,1H3/t18-/m1/s1. The average molecular weight is 340 g/mol. The summed E-state index contributed by atoms with van der Waals surface area (Å²) in [6, 6.07) is 21.9. The van der Waals surface area contributed by atoms with Crippen LogP contribution in [0, 0.1) is 17.2 Å². The van der Waals surface area contributed by atoms with Gasteiger partial charge in [0.05, 0.1) is 12.3 Å². The Morgan fingerprint density at radius 1 is 1.04 bits per heavy atom. The highest BCUT2D eigenvalue weighted by Crippen LogP contribution is 2.43. The molecular weight excluding hydrogens is 320 g/mol. The summed E-state index contributed by atoms with van der Waals surface area (Å²) in [6.45, 7) is 0.836. The largest absolute Gasteiger partial charge is 0.213 e. The first kappa shape index (κ1) is 16.7. The summed E-state index contributed by atoms with van der Waals surface area (Å²) in [4.78, 5) is 0. The predicted molar refractivity (Wildman–Crippen MR) is 93.8 cm³/mol. The zero-order valence-corrected chi connectivity index (χ0v) is 14.4. The highest BCUT2D eigenvalue weighted by Gasteiger charge is 2.46. The molecule has 5 heteroatoms. The molecule has 3 rings (SSSR count). The second kappa shape index (κ2) is 6.39. The summed E-state index contributed by atoms with van der Waals surface area (Å²) >= 11 is 0. The maximum absolute atomic E-state index is 11.9. The van der Waals surface area contributed by atoms with Gasteiger partial charge in [0.25, 0.3) is 0 Å². The van der Waals surface area contributed by atoms with Gasteiger partial charge in [0.1, 0.15) is 5.41 Å². The zero-order chi connectivity index (χ0) is 17.2. The zero-order valence-electron chi connectivity index (χ0n) is 13.6. The lowest BCUT2D eigenvalue weighted by Gasteiger charge is -2.34. The van der Waals surface area contributed by atoms with Crippen LogP contribution in [0.15, 0.2) is 60.7 Å². The van der Waals surface area contributed by atoms with E-state index in [9.17, 15) is 13.7 Å². The third-order valence-corrected chi connectivity index (χ3v) is 6.14. The van der Waals surface area contributed by atoms with Gasteiger partial charge in [-0.2, -0.15) is 5.26 Å². The first-order valence-electron chi connectivity index (χ1n) is 7.96. The molecule has 1 heterocycles.